The number of nitriles is 1. The first-order valence-corrected chi connectivity index (χ1v) is 8.48. The van der Waals surface area contributed by atoms with Crippen LogP contribution in [0.15, 0.2) is 54.6 Å². The smallest absolute Gasteiger partial charge is 0.231 e. The number of hydrogen-bond acceptors (Lipinski definition) is 3. The number of nitrogens with zero attached hydrogens (tertiary/aromatic N) is 1. The van der Waals surface area contributed by atoms with Crippen LogP contribution in [0.2, 0.25) is 5.02 Å². The molecule has 0 heterocycles. The number of carbonyl (C=O) groups excluding carboxylic acids is 1. The molecular formula is C21H17ClN2O2. The standard InChI is InChI=1S/C21H17ClN2O2/c1-13(21(25)24-20-8-3-14(12-23)9-19(20)22)15-4-5-17-11-18(26-2)7-6-16(17)10-15/h3-11,13H,1-2H3,(H,24,25)/t13-/m0/s1. The van der Waals surface area contributed by atoms with Gasteiger partial charge in [-0.3, -0.25) is 4.79 Å². The molecule has 1 N–H and O–H groups in total. The Kier molecular flexibility index (Phi) is 5.11. The van der Waals surface area contributed by atoms with Crippen LogP contribution in [-0.2, 0) is 4.79 Å². The van der Waals surface area contributed by atoms with E-state index in [2.05, 4.69) is 5.32 Å². The molecule has 0 aromatic heterocycles. The zero-order chi connectivity index (χ0) is 18.7. The van der Waals surface area contributed by atoms with Crippen molar-refractivity contribution in [2.75, 3.05) is 12.4 Å². The lowest BCUT2D eigenvalue weighted by molar-refractivity contribution is -0.117. The van der Waals surface area contributed by atoms with Crippen molar-refractivity contribution in [3.05, 3.63) is 70.7 Å². The van der Waals surface area contributed by atoms with E-state index in [0.29, 0.717) is 16.3 Å². The molecule has 0 aliphatic heterocycles. The molecular weight excluding hydrogens is 348 g/mol. The Morgan fingerprint density at radius 3 is 2.54 bits per heavy atom. The summed E-state index contributed by atoms with van der Waals surface area (Å²) in [6.07, 6.45) is 0. The van der Waals surface area contributed by atoms with Gasteiger partial charge in [-0.25, -0.2) is 0 Å². The zero-order valence-electron chi connectivity index (χ0n) is 14.4. The number of fused-ring (bicyclic) bond motifs is 1. The van der Waals surface area contributed by atoms with Gasteiger partial charge < -0.3 is 10.1 Å². The first-order valence-electron chi connectivity index (χ1n) is 8.10. The van der Waals surface area contributed by atoms with E-state index in [1.807, 2.05) is 49.4 Å². The summed E-state index contributed by atoms with van der Waals surface area (Å²) in [4.78, 5) is 12.6. The molecule has 0 unspecified atom stereocenters. The number of nitrogens with one attached hydrogen (secondary N) is 1. The Labute approximate surface area is 157 Å². The molecule has 0 fully saturated rings. The van der Waals surface area contributed by atoms with E-state index in [-0.39, 0.29) is 11.8 Å². The molecule has 0 spiro atoms. The van der Waals surface area contributed by atoms with Crippen molar-refractivity contribution in [3.63, 3.8) is 0 Å². The van der Waals surface area contributed by atoms with Crippen molar-refractivity contribution < 1.29 is 9.53 Å². The van der Waals surface area contributed by atoms with Crippen molar-refractivity contribution in [3.8, 4) is 11.8 Å². The van der Waals surface area contributed by atoms with Gasteiger partial charge >= 0.3 is 0 Å². The number of methoxy groups -OCH3 is 1. The molecule has 3 rings (SSSR count). The van der Waals surface area contributed by atoms with E-state index < -0.39 is 0 Å². The number of rotatable bonds is 4. The number of halogens is 1. The molecule has 130 valence electrons. The van der Waals surface area contributed by atoms with E-state index in [9.17, 15) is 4.79 Å². The minimum atomic E-state index is -0.354. The van der Waals surface area contributed by atoms with E-state index in [4.69, 9.17) is 21.6 Å². The molecule has 5 heteroatoms. The van der Waals surface area contributed by atoms with E-state index in [1.54, 1.807) is 19.2 Å². The minimum Gasteiger partial charge on any atom is -0.497 e. The third kappa shape index (κ3) is 3.63. The third-order valence-corrected chi connectivity index (χ3v) is 4.63. The third-order valence-electron chi connectivity index (χ3n) is 4.32. The molecule has 0 bridgehead atoms. The summed E-state index contributed by atoms with van der Waals surface area (Å²) < 4.78 is 5.24. The second-order valence-electron chi connectivity index (χ2n) is 5.99. The molecule has 0 saturated heterocycles. The van der Waals surface area contributed by atoms with Gasteiger partial charge in [-0.2, -0.15) is 5.26 Å². The quantitative estimate of drug-likeness (QED) is 0.699. The molecule has 4 nitrogen and oxygen atoms in total. The maximum Gasteiger partial charge on any atom is 0.231 e. The van der Waals surface area contributed by atoms with Crippen molar-refractivity contribution in [1.29, 1.82) is 5.26 Å². The predicted octanol–water partition coefficient (Wildman–Crippen LogP) is 5.12. The van der Waals surface area contributed by atoms with Gasteiger partial charge in [0.1, 0.15) is 5.75 Å². The average molecular weight is 365 g/mol. The number of carbonyl (C=O) groups is 1. The molecule has 0 radical (unpaired) electrons. The predicted molar refractivity (Wildman–Crippen MR) is 104 cm³/mol. The maximum atomic E-state index is 12.6. The van der Waals surface area contributed by atoms with Crippen LogP contribution in [0.25, 0.3) is 10.8 Å². The second kappa shape index (κ2) is 7.47. The Morgan fingerprint density at radius 1 is 1.12 bits per heavy atom. The summed E-state index contributed by atoms with van der Waals surface area (Å²) in [5.41, 5.74) is 1.85. The molecule has 0 aliphatic carbocycles. The van der Waals surface area contributed by atoms with Crippen molar-refractivity contribution in [2.45, 2.75) is 12.8 Å². The minimum absolute atomic E-state index is 0.163. The lowest BCUT2D eigenvalue weighted by atomic mass is 9.97. The van der Waals surface area contributed by atoms with Gasteiger partial charge in [0.15, 0.2) is 0 Å². The van der Waals surface area contributed by atoms with Crippen molar-refractivity contribution >= 4 is 34.0 Å². The van der Waals surface area contributed by atoms with Gasteiger partial charge in [-0.1, -0.05) is 35.9 Å². The number of anilines is 1. The fourth-order valence-corrected chi connectivity index (χ4v) is 2.94. The van der Waals surface area contributed by atoms with Gasteiger partial charge in [0.05, 0.1) is 35.4 Å². The average Bonchev–Trinajstić information content (AvgIpc) is 2.67. The highest BCUT2D eigenvalue weighted by atomic mass is 35.5. The van der Waals surface area contributed by atoms with Crippen LogP contribution >= 0.6 is 11.6 Å². The van der Waals surface area contributed by atoms with Crippen LogP contribution in [0.4, 0.5) is 5.69 Å². The highest BCUT2D eigenvalue weighted by Gasteiger charge is 2.17. The largest absolute Gasteiger partial charge is 0.497 e. The van der Waals surface area contributed by atoms with Gasteiger partial charge in [-0.15, -0.1) is 0 Å². The number of amides is 1. The highest BCUT2D eigenvalue weighted by Crippen LogP contribution is 2.27. The van der Waals surface area contributed by atoms with Gasteiger partial charge in [0.25, 0.3) is 0 Å². The van der Waals surface area contributed by atoms with Crippen LogP contribution in [0.3, 0.4) is 0 Å². The molecule has 3 aromatic rings. The van der Waals surface area contributed by atoms with Gasteiger partial charge in [0, 0.05) is 0 Å². The van der Waals surface area contributed by atoms with Crippen LogP contribution in [0.1, 0.15) is 24.0 Å². The summed E-state index contributed by atoms with van der Waals surface area (Å²) in [5.74, 6) is 0.282. The summed E-state index contributed by atoms with van der Waals surface area (Å²) in [6, 6.07) is 18.5. The normalized spacial score (nSPS) is 11.6. The van der Waals surface area contributed by atoms with E-state index in [0.717, 1.165) is 22.1 Å². The Bertz CT molecular complexity index is 1020. The summed E-state index contributed by atoms with van der Waals surface area (Å²) in [7, 11) is 1.64. The molecule has 1 amide bonds. The van der Waals surface area contributed by atoms with Crippen molar-refractivity contribution in [1.82, 2.24) is 0 Å². The first kappa shape index (κ1) is 17.8. The summed E-state index contributed by atoms with van der Waals surface area (Å²) in [6.45, 7) is 1.84. The lowest BCUT2D eigenvalue weighted by Crippen LogP contribution is -2.19. The Hall–Kier alpha value is -3.03. The Balaban J connectivity index is 1.82. The molecule has 0 saturated carbocycles. The SMILES string of the molecule is COc1ccc2cc([C@H](C)C(=O)Nc3ccc(C#N)cc3Cl)ccc2c1. The maximum absolute atomic E-state index is 12.6. The number of ether oxygens (including phenoxy) is 1. The molecule has 26 heavy (non-hydrogen) atoms. The van der Waals surface area contributed by atoms with Crippen LogP contribution in [0.5, 0.6) is 5.75 Å². The fraction of sp³-hybridized carbons (Fsp3) is 0.143. The molecule has 3 aromatic carbocycles. The second-order valence-corrected chi connectivity index (χ2v) is 6.40. The zero-order valence-corrected chi connectivity index (χ0v) is 15.2. The monoisotopic (exact) mass is 364 g/mol. The fourth-order valence-electron chi connectivity index (χ4n) is 2.72. The molecule has 1 atom stereocenters. The lowest BCUT2D eigenvalue weighted by Gasteiger charge is -2.14. The summed E-state index contributed by atoms with van der Waals surface area (Å²) in [5, 5.41) is 14.1. The van der Waals surface area contributed by atoms with Gasteiger partial charge in [-0.05, 0) is 53.6 Å². The van der Waals surface area contributed by atoms with E-state index >= 15 is 0 Å². The van der Waals surface area contributed by atoms with Gasteiger partial charge in [0.2, 0.25) is 5.91 Å². The van der Waals surface area contributed by atoms with Crippen LogP contribution in [-0.4, -0.2) is 13.0 Å². The first-order chi connectivity index (χ1) is 12.5. The van der Waals surface area contributed by atoms with Crippen LogP contribution < -0.4 is 10.1 Å². The molecule has 0 aliphatic rings. The van der Waals surface area contributed by atoms with Crippen molar-refractivity contribution in [2.24, 2.45) is 0 Å². The summed E-state index contributed by atoms with van der Waals surface area (Å²) >= 11 is 6.13. The number of benzene rings is 3. The number of hydrogen-bond donors (Lipinski definition) is 1. The Morgan fingerprint density at radius 2 is 1.85 bits per heavy atom. The van der Waals surface area contributed by atoms with E-state index in [1.165, 1.54) is 6.07 Å². The topological polar surface area (TPSA) is 62.1 Å². The highest BCUT2D eigenvalue weighted by molar-refractivity contribution is 6.33. The van der Waals surface area contributed by atoms with Crippen LogP contribution in [0, 0.1) is 11.3 Å².